The van der Waals surface area contributed by atoms with E-state index in [1.807, 2.05) is 37.9 Å². The SMILES string of the molecule is Cc1ccc(N(C)c2cc(N)ccc2C(N)=O)c(C)c1. The summed E-state index contributed by atoms with van der Waals surface area (Å²) in [5, 5.41) is 0. The Hall–Kier alpha value is -2.49. The fraction of sp³-hybridized carbons (Fsp3) is 0.188. The number of nitrogen functional groups attached to an aromatic ring is 1. The van der Waals surface area contributed by atoms with Gasteiger partial charge in [-0.3, -0.25) is 4.79 Å². The summed E-state index contributed by atoms with van der Waals surface area (Å²) in [7, 11) is 1.90. The number of carbonyl (C=O) groups excluding carboxylic acids is 1. The third-order valence-electron chi connectivity index (χ3n) is 3.36. The van der Waals surface area contributed by atoms with Crippen molar-refractivity contribution < 1.29 is 4.79 Å². The molecule has 0 aliphatic heterocycles. The molecule has 0 unspecified atom stereocenters. The first-order chi connectivity index (χ1) is 9.40. The lowest BCUT2D eigenvalue weighted by atomic mass is 10.1. The number of hydrogen-bond acceptors (Lipinski definition) is 3. The Bertz CT molecular complexity index is 665. The van der Waals surface area contributed by atoms with Gasteiger partial charge in [-0.1, -0.05) is 17.7 Å². The molecule has 2 aromatic rings. The summed E-state index contributed by atoms with van der Waals surface area (Å²) in [6, 6.07) is 11.3. The number of anilines is 3. The quantitative estimate of drug-likeness (QED) is 0.841. The van der Waals surface area contributed by atoms with Gasteiger partial charge < -0.3 is 16.4 Å². The van der Waals surface area contributed by atoms with E-state index in [-0.39, 0.29) is 0 Å². The van der Waals surface area contributed by atoms with E-state index in [9.17, 15) is 4.79 Å². The summed E-state index contributed by atoms with van der Waals surface area (Å²) in [5.74, 6) is -0.461. The maximum absolute atomic E-state index is 11.6. The van der Waals surface area contributed by atoms with Gasteiger partial charge in [-0.2, -0.15) is 0 Å². The van der Waals surface area contributed by atoms with Crippen molar-refractivity contribution in [2.24, 2.45) is 5.73 Å². The average molecular weight is 269 g/mol. The second-order valence-corrected chi connectivity index (χ2v) is 4.99. The number of nitrogens with zero attached hydrogens (tertiary/aromatic N) is 1. The molecule has 2 aromatic carbocycles. The zero-order valence-electron chi connectivity index (χ0n) is 12.0. The van der Waals surface area contributed by atoms with E-state index >= 15 is 0 Å². The molecule has 0 saturated carbocycles. The number of hydrogen-bond donors (Lipinski definition) is 2. The van der Waals surface area contributed by atoms with E-state index in [4.69, 9.17) is 11.5 Å². The lowest BCUT2D eigenvalue weighted by molar-refractivity contribution is 0.100. The number of benzene rings is 2. The topological polar surface area (TPSA) is 72.3 Å². The molecule has 0 aliphatic rings. The Kier molecular flexibility index (Phi) is 3.66. The third-order valence-corrected chi connectivity index (χ3v) is 3.36. The Balaban J connectivity index is 2.55. The molecule has 0 atom stereocenters. The maximum atomic E-state index is 11.6. The molecular weight excluding hydrogens is 250 g/mol. The smallest absolute Gasteiger partial charge is 0.250 e. The fourth-order valence-electron chi connectivity index (χ4n) is 2.35. The standard InChI is InChI=1S/C16H19N3O/c1-10-4-7-14(11(2)8-10)19(3)15-9-12(17)5-6-13(15)16(18)20/h4-9H,17H2,1-3H3,(H2,18,20). The number of nitrogens with two attached hydrogens (primary N) is 2. The lowest BCUT2D eigenvalue weighted by Crippen LogP contribution is -2.19. The van der Waals surface area contributed by atoms with Gasteiger partial charge in [0.15, 0.2) is 0 Å². The van der Waals surface area contributed by atoms with Crippen molar-refractivity contribution >= 4 is 23.0 Å². The minimum Gasteiger partial charge on any atom is -0.399 e. The molecule has 1 amide bonds. The lowest BCUT2D eigenvalue weighted by Gasteiger charge is -2.24. The van der Waals surface area contributed by atoms with Crippen LogP contribution in [0.2, 0.25) is 0 Å². The van der Waals surface area contributed by atoms with Crippen molar-refractivity contribution in [1.29, 1.82) is 0 Å². The summed E-state index contributed by atoms with van der Waals surface area (Å²) in [6.45, 7) is 4.08. The highest BCUT2D eigenvalue weighted by atomic mass is 16.1. The summed E-state index contributed by atoms with van der Waals surface area (Å²) in [5.41, 5.74) is 16.4. The van der Waals surface area contributed by atoms with Crippen LogP contribution in [-0.4, -0.2) is 13.0 Å². The fourth-order valence-corrected chi connectivity index (χ4v) is 2.35. The van der Waals surface area contributed by atoms with Crippen molar-refractivity contribution in [3.8, 4) is 0 Å². The average Bonchev–Trinajstić information content (AvgIpc) is 2.37. The molecule has 0 aromatic heterocycles. The number of primary amides is 1. The van der Waals surface area contributed by atoms with Gasteiger partial charge in [0, 0.05) is 18.4 Å². The highest BCUT2D eigenvalue weighted by Crippen LogP contribution is 2.31. The summed E-state index contributed by atoms with van der Waals surface area (Å²) in [4.78, 5) is 13.5. The first-order valence-electron chi connectivity index (χ1n) is 6.40. The van der Waals surface area contributed by atoms with Crippen molar-refractivity contribution in [2.75, 3.05) is 17.7 Å². The van der Waals surface area contributed by atoms with Crippen molar-refractivity contribution in [2.45, 2.75) is 13.8 Å². The molecule has 0 fully saturated rings. The molecule has 0 bridgehead atoms. The predicted octanol–water partition coefficient (Wildman–Crippen LogP) is 2.75. The van der Waals surface area contributed by atoms with Crippen LogP contribution in [0.5, 0.6) is 0 Å². The molecule has 0 radical (unpaired) electrons. The van der Waals surface area contributed by atoms with E-state index in [2.05, 4.69) is 6.07 Å². The van der Waals surface area contributed by atoms with Crippen LogP contribution < -0.4 is 16.4 Å². The highest BCUT2D eigenvalue weighted by Gasteiger charge is 2.15. The summed E-state index contributed by atoms with van der Waals surface area (Å²) < 4.78 is 0. The van der Waals surface area contributed by atoms with Crippen LogP contribution in [0.3, 0.4) is 0 Å². The molecular formula is C16H19N3O. The molecule has 0 saturated heterocycles. The molecule has 0 spiro atoms. The van der Waals surface area contributed by atoms with E-state index in [1.165, 1.54) is 5.56 Å². The van der Waals surface area contributed by atoms with E-state index in [0.717, 1.165) is 11.3 Å². The first kappa shape index (κ1) is 13.9. The van der Waals surface area contributed by atoms with E-state index in [0.29, 0.717) is 16.9 Å². The minimum absolute atomic E-state index is 0.460. The molecule has 4 heteroatoms. The van der Waals surface area contributed by atoms with Gasteiger partial charge in [0.05, 0.1) is 11.3 Å². The van der Waals surface area contributed by atoms with Crippen LogP contribution in [0.4, 0.5) is 17.1 Å². The van der Waals surface area contributed by atoms with Crippen LogP contribution in [0.15, 0.2) is 36.4 Å². The van der Waals surface area contributed by atoms with Crippen molar-refractivity contribution in [3.05, 3.63) is 53.1 Å². The van der Waals surface area contributed by atoms with Crippen LogP contribution in [-0.2, 0) is 0 Å². The van der Waals surface area contributed by atoms with Gasteiger partial charge in [-0.05, 0) is 43.7 Å². The molecule has 20 heavy (non-hydrogen) atoms. The first-order valence-corrected chi connectivity index (χ1v) is 6.40. The van der Waals surface area contributed by atoms with Crippen molar-refractivity contribution in [3.63, 3.8) is 0 Å². The number of amides is 1. The van der Waals surface area contributed by atoms with Gasteiger partial charge in [-0.25, -0.2) is 0 Å². The van der Waals surface area contributed by atoms with E-state index < -0.39 is 5.91 Å². The van der Waals surface area contributed by atoms with Crippen LogP contribution in [0, 0.1) is 13.8 Å². The maximum Gasteiger partial charge on any atom is 0.250 e. The minimum atomic E-state index is -0.461. The second kappa shape index (κ2) is 5.25. The van der Waals surface area contributed by atoms with Gasteiger partial charge in [0.25, 0.3) is 5.91 Å². The van der Waals surface area contributed by atoms with Crippen LogP contribution in [0.25, 0.3) is 0 Å². The Morgan fingerprint density at radius 3 is 2.35 bits per heavy atom. The third kappa shape index (κ3) is 2.59. The monoisotopic (exact) mass is 269 g/mol. The normalized spacial score (nSPS) is 10.3. The van der Waals surface area contributed by atoms with Gasteiger partial charge in [0.2, 0.25) is 0 Å². The molecule has 0 heterocycles. The Morgan fingerprint density at radius 1 is 1.05 bits per heavy atom. The van der Waals surface area contributed by atoms with Crippen LogP contribution in [0.1, 0.15) is 21.5 Å². The van der Waals surface area contributed by atoms with Crippen LogP contribution >= 0.6 is 0 Å². The molecule has 2 rings (SSSR count). The highest BCUT2D eigenvalue weighted by molar-refractivity contribution is 6.00. The Morgan fingerprint density at radius 2 is 1.75 bits per heavy atom. The number of aryl methyl sites for hydroxylation is 2. The summed E-state index contributed by atoms with van der Waals surface area (Å²) in [6.07, 6.45) is 0. The molecule has 4 N–H and O–H groups in total. The second-order valence-electron chi connectivity index (χ2n) is 4.99. The van der Waals surface area contributed by atoms with Gasteiger partial charge in [-0.15, -0.1) is 0 Å². The Labute approximate surface area is 119 Å². The largest absolute Gasteiger partial charge is 0.399 e. The molecule has 0 aliphatic carbocycles. The molecule has 4 nitrogen and oxygen atoms in total. The van der Waals surface area contributed by atoms with Gasteiger partial charge >= 0.3 is 0 Å². The summed E-state index contributed by atoms with van der Waals surface area (Å²) >= 11 is 0. The van der Waals surface area contributed by atoms with E-state index in [1.54, 1.807) is 18.2 Å². The number of carbonyl (C=O) groups is 1. The van der Waals surface area contributed by atoms with Crippen molar-refractivity contribution in [1.82, 2.24) is 0 Å². The number of rotatable bonds is 3. The zero-order valence-corrected chi connectivity index (χ0v) is 12.0. The predicted molar refractivity (Wildman–Crippen MR) is 83.4 cm³/mol. The van der Waals surface area contributed by atoms with Gasteiger partial charge in [0.1, 0.15) is 0 Å². The molecule has 104 valence electrons. The zero-order chi connectivity index (χ0) is 14.9.